The third kappa shape index (κ3) is 5.06. The first kappa shape index (κ1) is 13.1. The molecule has 15 heavy (non-hydrogen) atoms. The molecule has 0 fully saturated rings. The molecule has 86 valence electrons. The molecular formula is C10H17BrN2OS. The highest BCUT2D eigenvalue weighted by atomic mass is 79.9. The lowest BCUT2D eigenvalue weighted by atomic mass is 10.4. The molecule has 5 heteroatoms. The molecule has 0 aromatic carbocycles. The quantitative estimate of drug-likeness (QED) is 0.753. The number of rotatable bonds is 6. The molecule has 0 saturated carbocycles. The van der Waals surface area contributed by atoms with Crippen LogP contribution in [-0.2, 0) is 11.3 Å². The van der Waals surface area contributed by atoms with E-state index in [0.717, 1.165) is 25.4 Å². The number of methoxy groups -OCH3 is 1. The molecule has 0 bridgehead atoms. The van der Waals surface area contributed by atoms with Gasteiger partial charge in [-0.05, 0) is 14.0 Å². The van der Waals surface area contributed by atoms with E-state index in [1.165, 1.54) is 5.01 Å². The molecule has 0 spiro atoms. The molecule has 0 saturated heterocycles. The average molecular weight is 293 g/mol. The van der Waals surface area contributed by atoms with Gasteiger partial charge in [0, 0.05) is 24.7 Å². The van der Waals surface area contributed by atoms with E-state index < -0.39 is 0 Å². The van der Waals surface area contributed by atoms with Crippen LogP contribution >= 0.6 is 27.3 Å². The van der Waals surface area contributed by atoms with E-state index in [1.807, 2.05) is 6.92 Å². The zero-order valence-corrected chi connectivity index (χ0v) is 11.8. The molecule has 1 aromatic heterocycles. The van der Waals surface area contributed by atoms with Crippen molar-refractivity contribution in [2.45, 2.75) is 18.3 Å². The zero-order chi connectivity index (χ0) is 11.3. The van der Waals surface area contributed by atoms with Crippen LogP contribution in [0.15, 0.2) is 5.38 Å². The Kier molecular flexibility index (Phi) is 5.74. The highest BCUT2D eigenvalue weighted by Gasteiger charge is 2.09. The fourth-order valence-electron chi connectivity index (χ4n) is 1.34. The Morgan fingerprint density at radius 2 is 2.40 bits per heavy atom. The van der Waals surface area contributed by atoms with Crippen LogP contribution in [0.25, 0.3) is 0 Å². The predicted molar refractivity (Wildman–Crippen MR) is 67.8 cm³/mol. The molecular weight excluding hydrogens is 276 g/mol. The van der Waals surface area contributed by atoms with Gasteiger partial charge in [-0.2, -0.15) is 0 Å². The summed E-state index contributed by atoms with van der Waals surface area (Å²) in [4.78, 5) is 7.06. The Bertz CT molecular complexity index is 293. The third-order valence-electron chi connectivity index (χ3n) is 1.93. The number of thiazole rings is 1. The minimum Gasteiger partial charge on any atom is -0.383 e. The van der Waals surface area contributed by atoms with Crippen LogP contribution in [0.5, 0.6) is 0 Å². The predicted octanol–water partition coefficient (Wildman–Crippen LogP) is 2.29. The van der Waals surface area contributed by atoms with Gasteiger partial charge in [-0.25, -0.2) is 4.98 Å². The van der Waals surface area contributed by atoms with Gasteiger partial charge in [0.15, 0.2) is 0 Å². The van der Waals surface area contributed by atoms with Gasteiger partial charge in [0.25, 0.3) is 0 Å². The average Bonchev–Trinajstić information content (AvgIpc) is 2.51. The van der Waals surface area contributed by atoms with Gasteiger partial charge in [0.2, 0.25) is 0 Å². The van der Waals surface area contributed by atoms with Gasteiger partial charge >= 0.3 is 0 Å². The summed E-state index contributed by atoms with van der Waals surface area (Å²) in [5, 5.41) is 3.26. The highest BCUT2D eigenvalue weighted by molar-refractivity contribution is 9.09. The van der Waals surface area contributed by atoms with E-state index in [-0.39, 0.29) is 0 Å². The summed E-state index contributed by atoms with van der Waals surface area (Å²) in [5.74, 6) is 0. The summed E-state index contributed by atoms with van der Waals surface area (Å²) in [6.07, 6.45) is 0. The Hall–Kier alpha value is 0.0300. The summed E-state index contributed by atoms with van der Waals surface area (Å²) in [5.41, 5.74) is 1.11. The minimum atomic E-state index is 0.383. The molecule has 0 amide bonds. The molecule has 1 unspecified atom stereocenters. The monoisotopic (exact) mass is 292 g/mol. The molecule has 0 radical (unpaired) electrons. The lowest BCUT2D eigenvalue weighted by Gasteiger charge is -2.18. The standard InChI is InChI=1S/C10H17BrN2OS/c1-8-7-15-10(12-8)5-13(2)4-9(11)6-14-3/h7,9H,4-6H2,1-3H3. The maximum Gasteiger partial charge on any atom is 0.107 e. The first-order valence-corrected chi connectivity index (χ1v) is 6.64. The van der Waals surface area contributed by atoms with E-state index in [1.54, 1.807) is 18.4 Å². The van der Waals surface area contributed by atoms with Crippen molar-refractivity contribution in [3.8, 4) is 0 Å². The number of aryl methyl sites for hydroxylation is 1. The van der Waals surface area contributed by atoms with Crippen molar-refractivity contribution in [3.05, 3.63) is 16.1 Å². The molecule has 0 aliphatic heterocycles. The van der Waals surface area contributed by atoms with Crippen molar-refractivity contribution in [3.63, 3.8) is 0 Å². The van der Waals surface area contributed by atoms with E-state index in [4.69, 9.17) is 4.74 Å². The number of aromatic nitrogens is 1. The van der Waals surface area contributed by atoms with Crippen molar-refractivity contribution in [1.29, 1.82) is 0 Å². The van der Waals surface area contributed by atoms with Gasteiger partial charge in [-0.3, -0.25) is 4.90 Å². The Morgan fingerprint density at radius 3 is 2.93 bits per heavy atom. The SMILES string of the molecule is COCC(Br)CN(C)Cc1nc(C)cs1. The van der Waals surface area contributed by atoms with Crippen molar-refractivity contribution in [2.24, 2.45) is 0 Å². The molecule has 1 rings (SSSR count). The lowest BCUT2D eigenvalue weighted by Crippen LogP contribution is -2.27. The fraction of sp³-hybridized carbons (Fsp3) is 0.700. The first-order valence-electron chi connectivity index (χ1n) is 4.84. The summed E-state index contributed by atoms with van der Waals surface area (Å²) >= 11 is 5.29. The lowest BCUT2D eigenvalue weighted by molar-refractivity contribution is 0.185. The Morgan fingerprint density at radius 1 is 1.67 bits per heavy atom. The molecule has 0 N–H and O–H groups in total. The van der Waals surface area contributed by atoms with Gasteiger partial charge in [0.05, 0.1) is 18.0 Å². The largest absolute Gasteiger partial charge is 0.383 e. The minimum absolute atomic E-state index is 0.383. The second kappa shape index (κ2) is 6.58. The maximum absolute atomic E-state index is 5.07. The molecule has 1 atom stereocenters. The van der Waals surface area contributed by atoms with E-state index in [2.05, 4.69) is 38.2 Å². The van der Waals surface area contributed by atoms with Crippen LogP contribution in [0.4, 0.5) is 0 Å². The molecule has 0 aliphatic rings. The van der Waals surface area contributed by atoms with Crippen molar-refractivity contribution in [2.75, 3.05) is 27.3 Å². The molecule has 0 aliphatic carbocycles. The number of nitrogens with zero attached hydrogens (tertiary/aromatic N) is 2. The van der Waals surface area contributed by atoms with Crippen LogP contribution in [0, 0.1) is 6.92 Å². The normalized spacial score (nSPS) is 13.4. The number of alkyl halides is 1. The second-order valence-electron chi connectivity index (χ2n) is 3.63. The van der Waals surface area contributed by atoms with Crippen molar-refractivity contribution in [1.82, 2.24) is 9.88 Å². The van der Waals surface area contributed by atoms with Crippen LogP contribution < -0.4 is 0 Å². The fourth-order valence-corrected chi connectivity index (χ4v) is 2.95. The summed E-state index contributed by atoms with van der Waals surface area (Å²) in [7, 11) is 3.82. The molecule has 1 aromatic rings. The smallest absolute Gasteiger partial charge is 0.107 e. The summed E-state index contributed by atoms with van der Waals surface area (Å²) in [6, 6.07) is 0. The van der Waals surface area contributed by atoms with Gasteiger partial charge in [0.1, 0.15) is 5.01 Å². The third-order valence-corrected chi connectivity index (χ3v) is 3.43. The first-order chi connectivity index (χ1) is 7.11. The Labute approximate surface area is 104 Å². The van der Waals surface area contributed by atoms with Gasteiger partial charge in [-0.1, -0.05) is 15.9 Å². The topological polar surface area (TPSA) is 25.4 Å². The van der Waals surface area contributed by atoms with Crippen LogP contribution in [0.1, 0.15) is 10.7 Å². The van der Waals surface area contributed by atoms with Crippen LogP contribution in [-0.4, -0.2) is 42.0 Å². The van der Waals surface area contributed by atoms with Crippen molar-refractivity contribution >= 4 is 27.3 Å². The van der Waals surface area contributed by atoms with Crippen LogP contribution in [0.3, 0.4) is 0 Å². The van der Waals surface area contributed by atoms with E-state index in [9.17, 15) is 0 Å². The second-order valence-corrected chi connectivity index (χ2v) is 5.87. The van der Waals surface area contributed by atoms with Crippen molar-refractivity contribution < 1.29 is 4.74 Å². The highest BCUT2D eigenvalue weighted by Crippen LogP contribution is 2.12. The van der Waals surface area contributed by atoms with Crippen LogP contribution in [0.2, 0.25) is 0 Å². The van der Waals surface area contributed by atoms with Gasteiger partial charge < -0.3 is 4.74 Å². The molecule has 3 nitrogen and oxygen atoms in total. The number of hydrogen-bond donors (Lipinski definition) is 0. The number of hydrogen-bond acceptors (Lipinski definition) is 4. The number of ether oxygens (including phenoxy) is 1. The van der Waals surface area contributed by atoms with E-state index in [0.29, 0.717) is 4.83 Å². The number of halogens is 1. The zero-order valence-electron chi connectivity index (χ0n) is 9.36. The summed E-state index contributed by atoms with van der Waals surface area (Å²) < 4.78 is 5.07. The molecule has 1 heterocycles. The van der Waals surface area contributed by atoms with Gasteiger partial charge in [-0.15, -0.1) is 11.3 Å². The summed E-state index contributed by atoms with van der Waals surface area (Å²) in [6.45, 7) is 4.64. The Balaban J connectivity index is 2.32. The van der Waals surface area contributed by atoms with E-state index >= 15 is 0 Å². The maximum atomic E-state index is 5.07.